The average Bonchev–Trinajstić information content (AvgIpc) is 3.14. The number of fused-ring (bicyclic) bond motifs is 1. The summed E-state index contributed by atoms with van der Waals surface area (Å²) in [5, 5.41) is 6.22. The van der Waals surface area contributed by atoms with E-state index in [9.17, 15) is 14.4 Å². The van der Waals surface area contributed by atoms with Crippen molar-refractivity contribution in [3.63, 3.8) is 0 Å². The number of aromatic amines is 1. The van der Waals surface area contributed by atoms with E-state index in [0.29, 0.717) is 18.8 Å². The van der Waals surface area contributed by atoms with Crippen molar-refractivity contribution in [3.05, 3.63) is 54.2 Å². The van der Waals surface area contributed by atoms with Gasteiger partial charge in [0.05, 0.1) is 16.0 Å². The molecule has 0 atom stereocenters. The van der Waals surface area contributed by atoms with Gasteiger partial charge >= 0.3 is 5.69 Å². The number of aryl methyl sites for hydroxylation is 2. The smallest absolute Gasteiger partial charge is 0.330 e. The summed E-state index contributed by atoms with van der Waals surface area (Å²) in [6.07, 6.45) is 2.60. The van der Waals surface area contributed by atoms with Crippen molar-refractivity contribution in [1.29, 1.82) is 0 Å². The molecule has 3 rings (SSSR count). The third-order valence-electron chi connectivity index (χ3n) is 5.12. The Morgan fingerprint density at radius 3 is 2.56 bits per heavy atom. The maximum Gasteiger partial charge on any atom is 0.330 e. The number of carbonyl (C=O) groups excluding carboxylic acids is 1. The predicted octanol–water partition coefficient (Wildman–Crippen LogP) is 3.38. The molecule has 32 heavy (non-hydrogen) atoms. The Morgan fingerprint density at radius 2 is 1.94 bits per heavy atom. The normalized spacial score (nSPS) is 11.6. The molecule has 0 spiro atoms. The number of unbranched alkanes of at least 4 members (excludes halogenated alkanes) is 1. The SMILES string of the molecule is Cc1csc(CCCCNC(=O)c2cc(C(C)C)nc3c2c(=O)[nH]c(=O)n3CC(C)C)n1. The number of nitrogens with one attached hydrogen (secondary N) is 2. The molecule has 3 aromatic rings. The van der Waals surface area contributed by atoms with Gasteiger partial charge < -0.3 is 5.32 Å². The first kappa shape index (κ1) is 23.8. The van der Waals surface area contributed by atoms with E-state index in [1.807, 2.05) is 40.0 Å². The number of rotatable bonds is 9. The Hall–Kier alpha value is -2.81. The van der Waals surface area contributed by atoms with Gasteiger partial charge in [0.2, 0.25) is 0 Å². The second-order valence-corrected chi connectivity index (χ2v) is 9.75. The molecule has 172 valence electrons. The Labute approximate surface area is 191 Å². The monoisotopic (exact) mass is 457 g/mol. The molecule has 2 N–H and O–H groups in total. The Balaban J connectivity index is 1.86. The van der Waals surface area contributed by atoms with Gasteiger partial charge in [-0.15, -0.1) is 11.3 Å². The van der Waals surface area contributed by atoms with Gasteiger partial charge in [0.15, 0.2) is 5.65 Å². The summed E-state index contributed by atoms with van der Waals surface area (Å²) in [6, 6.07) is 1.67. The fraction of sp³-hybridized carbons (Fsp3) is 0.522. The molecule has 9 heteroatoms. The van der Waals surface area contributed by atoms with E-state index in [1.165, 1.54) is 4.57 Å². The zero-order valence-corrected chi connectivity index (χ0v) is 20.1. The Bertz CT molecular complexity index is 1220. The van der Waals surface area contributed by atoms with Crippen LogP contribution >= 0.6 is 11.3 Å². The van der Waals surface area contributed by atoms with Crippen LogP contribution in [0.4, 0.5) is 0 Å². The van der Waals surface area contributed by atoms with E-state index in [4.69, 9.17) is 0 Å². The van der Waals surface area contributed by atoms with Crippen LogP contribution in [0.2, 0.25) is 0 Å². The zero-order chi connectivity index (χ0) is 23.4. The number of pyridine rings is 1. The van der Waals surface area contributed by atoms with Crippen LogP contribution in [0.15, 0.2) is 21.0 Å². The summed E-state index contributed by atoms with van der Waals surface area (Å²) in [5.74, 6) is -0.121. The van der Waals surface area contributed by atoms with Crippen LogP contribution in [-0.4, -0.2) is 32.0 Å². The van der Waals surface area contributed by atoms with Gasteiger partial charge in [0.25, 0.3) is 11.5 Å². The van der Waals surface area contributed by atoms with Gasteiger partial charge in [-0.2, -0.15) is 0 Å². The molecular weight excluding hydrogens is 426 g/mol. The average molecular weight is 458 g/mol. The van der Waals surface area contributed by atoms with Gasteiger partial charge in [-0.3, -0.25) is 19.1 Å². The largest absolute Gasteiger partial charge is 0.352 e. The summed E-state index contributed by atoms with van der Waals surface area (Å²) in [7, 11) is 0. The summed E-state index contributed by atoms with van der Waals surface area (Å²) >= 11 is 1.65. The third-order valence-corrected chi connectivity index (χ3v) is 6.15. The highest BCUT2D eigenvalue weighted by Gasteiger charge is 2.20. The van der Waals surface area contributed by atoms with Crippen LogP contribution in [0.3, 0.4) is 0 Å². The Kier molecular flexibility index (Phi) is 7.60. The molecule has 0 bridgehead atoms. The van der Waals surface area contributed by atoms with Crippen molar-refractivity contribution >= 4 is 28.3 Å². The van der Waals surface area contributed by atoms with Gasteiger partial charge in [0, 0.05) is 29.9 Å². The number of hydrogen-bond donors (Lipinski definition) is 2. The van der Waals surface area contributed by atoms with Crippen molar-refractivity contribution in [1.82, 2.24) is 24.8 Å². The lowest BCUT2D eigenvalue weighted by Crippen LogP contribution is -2.34. The first-order valence-corrected chi connectivity index (χ1v) is 11.9. The minimum absolute atomic E-state index is 0.0367. The molecule has 0 saturated heterocycles. The molecule has 1 amide bonds. The maximum atomic E-state index is 13.1. The van der Waals surface area contributed by atoms with Crippen molar-refractivity contribution in [2.45, 2.75) is 66.3 Å². The molecule has 0 aliphatic carbocycles. The Morgan fingerprint density at radius 1 is 1.19 bits per heavy atom. The lowest BCUT2D eigenvalue weighted by atomic mass is 10.0. The molecule has 0 aliphatic rings. The highest BCUT2D eigenvalue weighted by molar-refractivity contribution is 7.09. The topological polar surface area (TPSA) is 110 Å². The van der Waals surface area contributed by atoms with E-state index in [2.05, 4.69) is 20.3 Å². The summed E-state index contributed by atoms with van der Waals surface area (Å²) in [6.45, 7) is 10.8. The lowest BCUT2D eigenvalue weighted by Gasteiger charge is -2.16. The number of aromatic nitrogens is 4. The number of amides is 1. The lowest BCUT2D eigenvalue weighted by molar-refractivity contribution is 0.0954. The van der Waals surface area contributed by atoms with E-state index in [-0.39, 0.29) is 34.3 Å². The van der Waals surface area contributed by atoms with Crippen LogP contribution in [0.1, 0.15) is 73.2 Å². The number of carbonyl (C=O) groups is 1. The van der Waals surface area contributed by atoms with Crippen LogP contribution in [-0.2, 0) is 13.0 Å². The molecule has 0 fully saturated rings. The van der Waals surface area contributed by atoms with Crippen LogP contribution < -0.4 is 16.6 Å². The van der Waals surface area contributed by atoms with Crippen molar-refractivity contribution in [2.75, 3.05) is 6.54 Å². The molecule has 0 radical (unpaired) electrons. The number of thiazole rings is 1. The van der Waals surface area contributed by atoms with E-state index >= 15 is 0 Å². The zero-order valence-electron chi connectivity index (χ0n) is 19.3. The first-order chi connectivity index (χ1) is 15.2. The van der Waals surface area contributed by atoms with Gasteiger partial charge in [-0.05, 0) is 44.1 Å². The molecule has 0 aromatic carbocycles. The second-order valence-electron chi connectivity index (χ2n) is 8.81. The third kappa shape index (κ3) is 5.51. The summed E-state index contributed by atoms with van der Waals surface area (Å²) < 4.78 is 1.46. The van der Waals surface area contributed by atoms with Gasteiger partial charge in [0.1, 0.15) is 0 Å². The fourth-order valence-electron chi connectivity index (χ4n) is 3.52. The maximum absolute atomic E-state index is 13.1. The summed E-state index contributed by atoms with van der Waals surface area (Å²) in [4.78, 5) is 49.6. The van der Waals surface area contributed by atoms with Gasteiger partial charge in [-0.25, -0.2) is 14.8 Å². The predicted molar refractivity (Wildman–Crippen MR) is 128 cm³/mol. The van der Waals surface area contributed by atoms with Crippen molar-refractivity contribution in [2.24, 2.45) is 5.92 Å². The van der Waals surface area contributed by atoms with E-state index in [1.54, 1.807) is 17.4 Å². The molecule has 0 aliphatic heterocycles. The van der Waals surface area contributed by atoms with Crippen LogP contribution in [0.5, 0.6) is 0 Å². The highest BCUT2D eigenvalue weighted by Crippen LogP contribution is 2.20. The molecule has 3 heterocycles. The second kappa shape index (κ2) is 10.2. The fourth-order valence-corrected chi connectivity index (χ4v) is 4.34. The minimum atomic E-state index is -0.586. The molecular formula is C23H31N5O3S. The van der Waals surface area contributed by atoms with Crippen molar-refractivity contribution < 1.29 is 4.79 Å². The standard InChI is InChI=1S/C23H31N5O3S/c1-13(2)11-28-20-19(22(30)27-23(28)31)16(10-17(26-20)14(3)4)21(29)24-9-7-6-8-18-25-15(5)12-32-18/h10,12-14H,6-9,11H2,1-5H3,(H,24,29)(H,27,30,31). The molecule has 3 aromatic heterocycles. The van der Waals surface area contributed by atoms with E-state index in [0.717, 1.165) is 30.0 Å². The summed E-state index contributed by atoms with van der Waals surface area (Å²) in [5.41, 5.74) is 1.13. The van der Waals surface area contributed by atoms with Crippen LogP contribution in [0.25, 0.3) is 11.0 Å². The highest BCUT2D eigenvalue weighted by atomic mass is 32.1. The molecule has 0 unspecified atom stereocenters. The minimum Gasteiger partial charge on any atom is -0.352 e. The number of nitrogens with zero attached hydrogens (tertiary/aromatic N) is 3. The van der Waals surface area contributed by atoms with Crippen molar-refractivity contribution in [3.8, 4) is 0 Å². The number of H-pyrrole nitrogens is 1. The number of hydrogen-bond acceptors (Lipinski definition) is 6. The molecule has 0 saturated carbocycles. The van der Waals surface area contributed by atoms with Crippen LogP contribution in [0, 0.1) is 12.8 Å². The first-order valence-electron chi connectivity index (χ1n) is 11.0. The quantitative estimate of drug-likeness (QED) is 0.479. The molecule has 8 nitrogen and oxygen atoms in total. The van der Waals surface area contributed by atoms with Gasteiger partial charge in [-0.1, -0.05) is 27.7 Å². The van der Waals surface area contributed by atoms with E-state index < -0.39 is 11.2 Å².